The molecule has 3 aromatic carbocycles. The summed E-state index contributed by atoms with van der Waals surface area (Å²) in [5, 5.41) is 1.33. The largest absolute Gasteiger partial charge is 0.445 e. The van der Waals surface area contributed by atoms with E-state index >= 15 is 0 Å². The van der Waals surface area contributed by atoms with E-state index in [1.807, 2.05) is 48.5 Å². The Bertz CT molecular complexity index is 1380. The molecule has 0 aliphatic carbocycles. The van der Waals surface area contributed by atoms with E-state index in [4.69, 9.17) is 4.74 Å². The van der Waals surface area contributed by atoms with Crippen molar-refractivity contribution in [2.24, 2.45) is 5.92 Å². The lowest BCUT2D eigenvalue weighted by atomic mass is 9.96. The molecular formula is C27H26N2O5S. The van der Waals surface area contributed by atoms with Gasteiger partial charge in [-0.1, -0.05) is 72.8 Å². The molecule has 7 nitrogen and oxygen atoms in total. The summed E-state index contributed by atoms with van der Waals surface area (Å²) < 4.78 is 34.3. The molecule has 2 amide bonds. The lowest BCUT2D eigenvalue weighted by Gasteiger charge is -2.26. The summed E-state index contributed by atoms with van der Waals surface area (Å²) in [7, 11) is -4.15. The minimum absolute atomic E-state index is 0.0899. The number of carbonyl (C=O) groups excluding carboxylic acids is 2. The number of nitrogens with zero attached hydrogens (tertiary/aromatic N) is 2. The number of fused-ring (bicyclic) bond motifs is 2. The van der Waals surface area contributed by atoms with Crippen molar-refractivity contribution in [3.63, 3.8) is 0 Å². The molecule has 3 atom stereocenters. The lowest BCUT2D eigenvalue weighted by molar-refractivity contribution is -0.128. The maximum atomic E-state index is 13.9. The number of ether oxygens (including phenoxy) is 1. The van der Waals surface area contributed by atoms with E-state index < -0.39 is 40.0 Å². The molecule has 2 fully saturated rings. The van der Waals surface area contributed by atoms with Gasteiger partial charge in [-0.15, -0.1) is 6.58 Å². The van der Waals surface area contributed by atoms with Crippen molar-refractivity contribution in [3.8, 4) is 0 Å². The van der Waals surface area contributed by atoms with Crippen molar-refractivity contribution < 1.29 is 22.7 Å². The molecule has 5 rings (SSSR count). The van der Waals surface area contributed by atoms with Crippen LogP contribution in [0.1, 0.15) is 18.4 Å². The summed E-state index contributed by atoms with van der Waals surface area (Å²) >= 11 is 0. The average molecular weight is 491 g/mol. The highest BCUT2D eigenvalue weighted by Gasteiger charge is 2.58. The van der Waals surface area contributed by atoms with Crippen LogP contribution in [0.5, 0.6) is 0 Å². The number of benzene rings is 3. The molecule has 0 unspecified atom stereocenters. The third kappa shape index (κ3) is 3.97. The van der Waals surface area contributed by atoms with Gasteiger partial charge in [-0.3, -0.25) is 4.79 Å². The zero-order valence-corrected chi connectivity index (χ0v) is 19.9. The summed E-state index contributed by atoms with van der Waals surface area (Å²) in [6.45, 7) is 4.16. The van der Waals surface area contributed by atoms with Crippen molar-refractivity contribution in [1.82, 2.24) is 9.21 Å². The molecule has 180 valence electrons. The SMILES string of the molecule is C=CC[C@@H]1C(=O)N(S(=O)(=O)c2cccc3ccccc23)[C@@H]2CCN(C(=O)OCc3ccccc3)[C@@H]12. The van der Waals surface area contributed by atoms with Crippen LogP contribution in [0.15, 0.2) is 90.3 Å². The smallest absolute Gasteiger partial charge is 0.410 e. The summed E-state index contributed by atoms with van der Waals surface area (Å²) in [5.41, 5.74) is 0.849. The second kappa shape index (κ2) is 9.19. The molecule has 0 aromatic heterocycles. The van der Waals surface area contributed by atoms with Crippen LogP contribution >= 0.6 is 0 Å². The van der Waals surface area contributed by atoms with Crippen LogP contribution in [-0.4, -0.2) is 48.3 Å². The standard InChI is InChI=1S/C27H26N2O5S/c1-2-9-22-25-23(16-17-28(25)27(31)34-18-19-10-4-3-5-11-19)29(26(22)30)35(32,33)24-15-8-13-20-12-6-7-14-21(20)24/h2-8,10-15,22-23,25H,1,9,16-18H2/t22-,23+,25-/m0/s1. The first-order chi connectivity index (χ1) is 16.9. The van der Waals surface area contributed by atoms with Crippen LogP contribution in [0.4, 0.5) is 4.79 Å². The maximum absolute atomic E-state index is 13.9. The number of carbonyl (C=O) groups is 2. The van der Waals surface area contributed by atoms with E-state index in [9.17, 15) is 18.0 Å². The highest BCUT2D eigenvalue weighted by Crippen LogP contribution is 2.42. The Hall–Kier alpha value is -3.65. The Morgan fingerprint density at radius 2 is 1.74 bits per heavy atom. The molecule has 2 saturated heterocycles. The summed E-state index contributed by atoms with van der Waals surface area (Å²) in [5.74, 6) is -1.21. The van der Waals surface area contributed by atoms with E-state index in [2.05, 4.69) is 6.58 Å². The Balaban J connectivity index is 1.46. The number of amides is 2. The molecular weight excluding hydrogens is 464 g/mol. The number of hydrogen-bond acceptors (Lipinski definition) is 5. The third-order valence-electron chi connectivity index (χ3n) is 6.81. The zero-order valence-electron chi connectivity index (χ0n) is 19.1. The highest BCUT2D eigenvalue weighted by atomic mass is 32.2. The topological polar surface area (TPSA) is 84.0 Å². The van der Waals surface area contributed by atoms with E-state index in [-0.39, 0.29) is 17.9 Å². The van der Waals surface area contributed by atoms with Crippen molar-refractivity contribution >= 4 is 32.8 Å². The fourth-order valence-electron chi connectivity index (χ4n) is 5.27. The van der Waals surface area contributed by atoms with Crippen molar-refractivity contribution in [2.75, 3.05) is 6.54 Å². The lowest BCUT2D eigenvalue weighted by Crippen LogP contribution is -2.43. The molecule has 2 aliphatic rings. The van der Waals surface area contributed by atoms with Gasteiger partial charge in [0, 0.05) is 11.9 Å². The second-order valence-electron chi connectivity index (χ2n) is 8.83. The minimum Gasteiger partial charge on any atom is -0.445 e. The summed E-state index contributed by atoms with van der Waals surface area (Å²) in [6, 6.07) is 20.3. The van der Waals surface area contributed by atoms with E-state index in [1.165, 1.54) is 11.0 Å². The Kier molecular flexibility index (Phi) is 6.06. The third-order valence-corrected chi connectivity index (χ3v) is 8.69. The Labute approximate surface area is 204 Å². The maximum Gasteiger partial charge on any atom is 0.410 e. The molecule has 0 N–H and O–H groups in total. The number of rotatable bonds is 6. The molecule has 0 saturated carbocycles. The van der Waals surface area contributed by atoms with Gasteiger partial charge >= 0.3 is 6.09 Å². The van der Waals surface area contributed by atoms with Crippen LogP contribution in [0.2, 0.25) is 0 Å². The van der Waals surface area contributed by atoms with Gasteiger partial charge in [0.15, 0.2) is 0 Å². The van der Waals surface area contributed by atoms with Crippen LogP contribution in [0, 0.1) is 5.92 Å². The van der Waals surface area contributed by atoms with E-state index in [0.29, 0.717) is 18.4 Å². The van der Waals surface area contributed by atoms with Crippen LogP contribution in [0.25, 0.3) is 10.8 Å². The predicted molar refractivity (Wildman–Crippen MR) is 132 cm³/mol. The normalized spacial score (nSPS) is 21.8. The fraction of sp³-hybridized carbons (Fsp3) is 0.259. The molecule has 0 radical (unpaired) electrons. The van der Waals surface area contributed by atoms with Gasteiger partial charge in [-0.25, -0.2) is 17.5 Å². The summed E-state index contributed by atoms with van der Waals surface area (Å²) in [4.78, 5) is 28.2. The molecule has 2 aliphatic heterocycles. The van der Waals surface area contributed by atoms with E-state index in [1.54, 1.807) is 24.3 Å². The Morgan fingerprint density at radius 1 is 1.03 bits per heavy atom. The molecule has 35 heavy (non-hydrogen) atoms. The number of hydrogen-bond donors (Lipinski definition) is 0. The molecule has 0 spiro atoms. The summed E-state index contributed by atoms with van der Waals surface area (Å²) in [6.07, 6.45) is 1.67. The van der Waals surface area contributed by atoms with Gasteiger partial charge in [-0.05, 0) is 29.9 Å². The van der Waals surface area contributed by atoms with Crippen LogP contribution in [0.3, 0.4) is 0 Å². The molecule has 2 heterocycles. The second-order valence-corrected chi connectivity index (χ2v) is 10.6. The first-order valence-electron chi connectivity index (χ1n) is 11.6. The number of likely N-dealkylation sites (tertiary alicyclic amines) is 1. The quantitative estimate of drug-likeness (QED) is 0.480. The highest BCUT2D eigenvalue weighted by molar-refractivity contribution is 7.90. The van der Waals surface area contributed by atoms with Crippen LogP contribution < -0.4 is 0 Å². The number of allylic oxidation sites excluding steroid dienone is 1. The number of sulfonamides is 1. The minimum atomic E-state index is -4.15. The predicted octanol–water partition coefficient (Wildman–Crippen LogP) is 4.34. The monoisotopic (exact) mass is 490 g/mol. The first kappa shape index (κ1) is 23.1. The van der Waals surface area contributed by atoms with Crippen molar-refractivity contribution in [3.05, 3.63) is 91.0 Å². The van der Waals surface area contributed by atoms with Crippen molar-refractivity contribution in [2.45, 2.75) is 36.4 Å². The van der Waals surface area contributed by atoms with Gasteiger partial charge in [0.25, 0.3) is 10.0 Å². The van der Waals surface area contributed by atoms with Gasteiger partial charge in [-0.2, -0.15) is 0 Å². The average Bonchev–Trinajstić information content (AvgIpc) is 3.41. The molecule has 0 bridgehead atoms. The van der Waals surface area contributed by atoms with Gasteiger partial charge in [0.1, 0.15) is 6.61 Å². The molecule has 3 aromatic rings. The zero-order chi connectivity index (χ0) is 24.6. The van der Waals surface area contributed by atoms with Gasteiger partial charge in [0.2, 0.25) is 5.91 Å². The van der Waals surface area contributed by atoms with E-state index in [0.717, 1.165) is 15.3 Å². The van der Waals surface area contributed by atoms with Crippen molar-refractivity contribution in [1.29, 1.82) is 0 Å². The van der Waals surface area contributed by atoms with Crippen LogP contribution in [-0.2, 0) is 26.2 Å². The Morgan fingerprint density at radius 3 is 2.51 bits per heavy atom. The van der Waals surface area contributed by atoms with Gasteiger partial charge in [0.05, 0.1) is 22.9 Å². The fourth-order valence-corrected chi connectivity index (χ4v) is 7.16. The first-order valence-corrected chi connectivity index (χ1v) is 13.0. The molecule has 8 heteroatoms. The van der Waals surface area contributed by atoms with Gasteiger partial charge < -0.3 is 9.64 Å².